The molecule has 2 aromatic rings. The Morgan fingerprint density at radius 1 is 1.50 bits per heavy atom. The first kappa shape index (κ1) is 12.4. The number of amides is 1. The van der Waals surface area contributed by atoms with Gasteiger partial charge in [-0.25, -0.2) is 13.8 Å². The van der Waals surface area contributed by atoms with Crippen molar-refractivity contribution < 1.29 is 18.7 Å². The maximum absolute atomic E-state index is 12.0. The predicted molar refractivity (Wildman–Crippen MR) is 60.4 cm³/mol. The molecule has 3 N–H and O–H groups in total. The summed E-state index contributed by atoms with van der Waals surface area (Å²) in [7, 11) is 0. The van der Waals surface area contributed by atoms with Crippen LogP contribution in [-0.2, 0) is 0 Å². The van der Waals surface area contributed by atoms with Crippen LogP contribution in [0.25, 0.3) is 11.0 Å². The number of fused-ring (bicyclic) bond motifs is 1. The molecule has 1 heterocycles. The maximum Gasteiger partial charge on any atom is 0.265 e. The van der Waals surface area contributed by atoms with Gasteiger partial charge in [0.15, 0.2) is 0 Å². The lowest BCUT2D eigenvalue weighted by Crippen LogP contribution is -2.35. The number of aliphatic hydroxyl groups is 1. The molecule has 1 atom stereocenters. The molecule has 96 valence electrons. The number of aliphatic hydroxyl groups excluding tert-OH is 1. The lowest BCUT2D eigenvalue weighted by Gasteiger charge is -2.10. The first-order valence-corrected chi connectivity index (χ1v) is 5.25. The number of carbonyl (C=O) groups excluding carboxylic acids is 1. The van der Waals surface area contributed by atoms with Gasteiger partial charge < -0.3 is 15.4 Å². The Morgan fingerprint density at radius 2 is 2.28 bits per heavy atom. The summed E-state index contributed by atoms with van der Waals surface area (Å²) in [5.74, 6) is -0.522. The molecule has 5 nitrogen and oxygen atoms in total. The summed E-state index contributed by atoms with van der Waals surface area (Å²) in [4.78, 5) is 18.5. The molecule has 0 aliphatic rings. The van der Waals surface area contributed by atoms with Gasteiger partial charge in [0.1, 0.15) is 6.10 Å². The summed E-state index contributed by atoms with van der Waals surface area (Å²) in [5.41, 5.74) is 1.70. The monoisotopic (exact) mass is 255 g/mol. The van der Waals surface area contributed by atoms with Crippen LogP contribution in [0.2, 0.25) is 0 Å². The number of halogens is 2. The fourth-order valence-electron chi connectivity index (χ4n) is 1.47. The van der Waals surface area contributed by atoms with Crippen molar-refractivity contribution in [3.63, 3.8) is 0 Å². The van der Waals surface area contributed by atoms with E-state index in [2.05, 4.69) is 15.3 Å². The zero-order valence-electron chi connectivity index (χ0n) is 9.23. The first-order valence-electron chi connectivity index (χ1n) is 5.25. The molecule has 0 fully saturated rings. The number of rotatable bonds is 4. The number of carbonyl (C=O) groups is 1. The Morgan fingerprint density at radius 3 is 3.00 bits per heavy atom. The third-order valence-electron chi connectivity index (χ3n) is 2.45. The SMILES string of the molecule is O=C(NCC(O)C(F)F)c1ccc2nc[nH]c2c1. The molecule has 1 aromatic heterocycles. The molecule has 7 heteroatoms. The fraction of sp³-hybridized carbons (Fsp3) is 0.273. The van der Waals surface area contributed by atoms with E-state index in [0.29, 0.717) is 16.6 Å². The Bertz CT molecular complexity index is 556. The van der Waals surface area contributed by atoms with E-state index in [4.69, 9.17) is 5.11 Å². The second-order valence-electron chi connectivity index (χ2n) is 3.75. The van der Waals surface area contributed by atoms with Gasteiger partial charge in [-0.2, -0.15) is 0 Å². The molecule has 2 rings (SSSR count). The zero-order valence-corrected chi connectivity index (χ0v) is 9.23. The van der Waals surface area contributed by atoms with Crippen molar-refractivity contribution >= 4 is 16.9 Å². The number of aromatic amines is 1. The van der Waals surface area contributed by atoms with Crippen LogP contribution in [0.1, 0.15) is 10.4 Å². The number of nitrogens with one attached hydrogen (secondary N) is 2. The Labute approximate surface area is 101 Å². The van der Waals surface area contributed by atoms with Crippen LogP contribution in [0, 0.1) is 0 Å². The van der Waals surface area contributed by atoms with Gasteiger partial charge >= 0.3 is 0 Å². The number of imidazole rings is 1. The van der Waals surface area contributed by atoms with Crippen LogP contribution in [0.5, 0.6) is 0 Å². The summed E-state index contributed by atoms with van der Waals surface area (Å²) < 4.78 is 24.1. The maximum atomic E-state index is 12.0. The van der Waals surface area contributed by atoms with Crippen LogP contribution in [0.4, 0.5) is 8.78 Å². The van der Waals surface area contributed by atoms with Gasteiger partial charge in [0.2, 0.25) is 0 Å². The van der Waals surface area contributed by atoms with Crippen LogP contribution in [0.15, 0.2) is 24.5 Å². The number of nitrogens with zero attached hydrogens (tertiary/aromatic N) is 1. The first-order chi connectivity index (χ1) is 8.58. The molecular formula is C11H11F2N3O2. The van der Waals surface area contributed by atoms with E-state index >= 15 is 0 Å². The second kappa shape index (κ2) is 5.09. The van der Waals surface area contributed by atoms with Crippen molar-refractivity contribution in [2.75, 3.05) is 6.54 Å². The van der Waals surface area contributed by atoms with Gasteiger partial charge in [-0.15, -0.1) is 0 Å². The van der Waals surface area contributed by atoms with Crippen molar-refractivity contribution in [2.45, 2.75) is 12.5 Å². The molecule has 1 amide bonds. The Balaban J connectivity index is 2.04. The highest BCUT2D eigenvalue weighted by atomic mass is 19.3. The van der Waals surface area contributed by atoms with E-state index in [-0.39, 0.29) is 0 Å². The van der Waals surface area contributed by atoms with Crippen LogP contribution in [-0.4, -0.2) is 40.1 Å². The zero-order chi connectivity index (χ0) is 13.1. The highest BCUT2D eigenvalue weighted by Crippen LogP contribution is 2.11. The molecule has 0 aliphatic carbocycles. The minimum atomic E-state index is -2.87. The van der Waals surface area contributed by atoms with Gasteiger partial charge in [-0.1, -0.05) is 0 Å². The largest absolute Gasteiger partial charge is 0.385 e. The average Bonchev–Trinajstić information content (AvgIpc) is 2.82. The third-order valence-corrected chi connectivity index (χ3v) is 2.45. The third kappa shape index (κ3) is 2.62. The molecule has 1 unspecified atom stereocenters. The van der Waals surface area contributed by atoms with Gasteiger partial charge in [-0.05, 0) is 18.2 Å². The molecule has 0 saturated carbocycles. The summed E-state index contributed by atoms with van der Waals surface area (Å²) in [6.45, 7) is -0.489. The number of aromatic nitrogens is 2. The summed E-state index contributed by atoms with van der Waals surface area (Å²) in [5, 5.41) is 11.1. The van der Waals surface area contributed by atoms with E-state index in [1.807, 2.05) is 0 Å². The lowest BCUT2D eigenvalue weighted by molar-refractivity contribution is -0.00270. The topological polar surface area (TPSA) is 78.0 Å². The highest BCUT2D eigenvalue weighted by Gasteiger charge is 2.17. The smallest absolute Gasteiger partial charge is 0.265 e. The Hall–Kier alpha value is -2.02. The predicted octanol–water partition coefficient (Wildman–Crippen LogP) is 0.919. The van der Waals surface area contributed by atoms with Gasteiger partial charge in [0, 0.05) is 12.1 Å². The van der Waals surface area contributed by atoms with Crippen molar-refractivity contribution in [1.29, 1.82) is 0 Å². The van der Waals surface area contributed by atoms with Crippen LogP contribution >= 0.6 is 0 Å². The number of hydrogen-bond donors (Lipinski definition) is 3. The number of hydrogen-bond acceptors (Lipinski definition) is 3. The highest BCUT2D eigenvalue weighted by molar-refractivity contribution is 5.97. The molecule has 0 spiro atoms. The summed E-state index contributed by atoms with van der Waals surface area (Å²) in [6.07, 6.45) is -3.24. The summed E-state index contributed by atoms with van der Waals surface area (Å²) in [6, 6.07) is 4.74. The van der Waals surface area contributed by atoms with E-state index in [1.165, 1.54) is 12.4 Å². The van der Waals surface area contributed by atoms with E-state index in [9.17, 15) is 13.6 Å². The molecule has 0 radical (unpaired) electrons. The molecule has 18 heavy (non-hydrogen) atoms. The summed E-state index contributed by atoms with van der Waals surface area (Å²) >= 11 is 0. The minimum Gasteiger partial charge on any atom is -0.385 e. The van der Waals surface area contributed by atoms with Gasteiger partial charge in [0.25, 0.3) is 12.3 Å². The molecule has 0 saturated heterocycles. The van der Waals surface area contributed by atoms with Crippen molar-refractivity contribution in [2.24, 2.45) is 0 Å². The van der Waals surface area contributed by atoms with E-state index in [0.717, 1.165) is 0 Å². The van der Waals surface area contributed by atoms with Crippen molar-refractivity contribution in [3.05, 3.63) is 30.1 Å². The lowest BCUT2D eigenvalue weighted by atomic mass is 10.2. The number of alkyl halides is 2. The number of H-pyrrole nitrogens is 1. The van der Waals surface area contributed by atoms with E-state index in [1.54, 1.807) is 12.1 Å². The van der Waals surface area contributed by atoms with Gasteiger partial charge in [-0.3, -0.25) is 4.79 Å². The molecule has 0 bridgehead atoms. The van der Waals surface area contributed by atoms with Crippen LogP contribution in [0.3, 0.4) is 0 Å². The minimum absolute atomic E-state index is 0.313. The van der Waals surface area contributed by atoms with E-state index < -0.39 is 25.0 Å². The second-order valence-corrected chi connectivity index (χ2v) is 3.75. The Kier molecular flexibility index (Phi) is 3.52. The molecule has 0 aliphatic heterocycles. The van der Waals surface area contributed by atoms with Crippen molar-refractivity contribution in [1.82, 2.24) is 15.3 Å². The van der Waals surface area contributed by atoms with Crippen LogP contribution < -0.4 is 5.32 Å². The quantitative estimate of drug-likeness (QED) is 0.760. The standard InChI is InChI=1S/C11H11F2N3O2/c12-10(13)9(17)4-14-11(18)6-1-2-7-8(3-6)16-5-15-7/h1-3,5,9-10,17H,4H2,(H,14,18)(H,15,16). The fourth-order valence-corrected chi connectivity index (χ4v) is 1.47. The normalized spacial score (nSPS) is 12.9. The average molecular weight is 255 g/mol. The molecular weight excluding hydrogens is 244 g/mol. The molecule has 1 aromatic carbocycles. The van der Waals surface area contributed by atoms with Gasteiger partial charge in [0.05, 0.1) is 17.4 Å². The van der Waals surface area contributed by atoms with Crippen molar-refractivity contribution in [3.8, 4) is 0 Å². The number of benzene rings is 1.